The third-order valence-corrected chi connectivity index (χ3v) is 8.55. The molecule has 0 radical (unpaired) electrons. The lowest BCUT2D eigenvalue weighted by molar-refractivity contribution is -0.129. The van der Waals surface area contributed by atoms with Gasteiger partial charge in [-0.15, -0.1) is 0 Å². The Balaban J connectivity index is 1.46. The summed E-state index contributed by atoms with van der Waals surface area (Å²) in [5.41, 5.74) is 0.146. The largest absolute Gasteiger partial charge is 0.478 e. The van der Waals surface area contributed by atoms with Crippen molar-refractivity contribution in [2.45, 2.75) is 50.1 Å². The zero-order valence-corrected chi connectivity index (χ0v) is 22.9. The molecule has 1 aliphatic heterocycles. The minimum Gasteiger partial charge on any atom is -0.478 e. The van der Waals surface area contributed by atoms with Gasteiger partial charge in [-0.05, 0) is 49.4 Å². The van der Waals surface area contributed by atoms with Crippen LogP contribution in [0.3, 0.4) is 0 Å². The van der Waals surface area contributed by atoms with Gasteiger partial charge in [-0.2, -0.15) is 4.31 Å². The standard InChI is InChI=1S/C28H31N3O8S/c1-17(2)14-21(30-27(34)24-15-18-8-3-5-11-23(18)39-24)26(33)29-20-10-7-13-31(16-22(20)32)40(37,38)25-12-6-4-9-19(25)28(35)36/h3-6,8-9,11-12,15,17,20-21H,7,10,13-14,16H2,1-2H3,(H,29,33)(H,30,34)(H,35,36). The second-order valence-electron chi connectivity index (χ2n) is 10.1. The maximum absolute atomic E-state index is 13.3. The summed E-state index contributed by atoms with van der Waals surface area (Å²) in [6, 6.07) is 12.0. The summed E-state index contributed by atoms with van der Waals surface area (Å²) in [5.74, 6) is -2.98. The van der Waals surface area contributed by atoms with E-state index in [4.69, 9.17) is 4.42 Å². The predicted octanol–water partition coefficient (Wildman–Crippen LogP) is 2.81. The van der Waals surface area contributed by atoms with Crippen molar-refractivity contribution in [3.63, 3.8) is 0 Å². The Kier molecular flexibility index (Phi) is 8.70. The van der Waals surface area contributed by atoms with Gasteiger partial charge in [0.15, 0.2) is 11.5 Å². The van der Waals surface area contributed by atoms with Crippen molar-refractivity contribution in [3.05, 3.63) is 65.9 Å². The van der Waals surface area contributed by atoms with Gasteiger partial charge in [-0.1, -0.05) is 44.2 Å². The number of benzene rings is 2. The van der Waals surface area contributed by atoms with Crippen LogP contribution in [0.1, 0.15) is 54.0 Å². The number of ketones is 1. The topological polar surface area (TPSA) is 163 Å². The molecule has 0 aliphatic carbocycles. The van der Waals surface area contributed by atoms with Gasteiger partial charge in [0.2, 0.25) is 15.9 Å². The molecule has 2 amide bonds. The minimum atomic E-state index is -4.28. The molecule has 2 unspecified atom stereocenters. The van der Waals surface area contributed by atoms with E-state index in [1.54, 1.807) is 24.3 Å². The summed E-state index contributed by atoms with van der Waals surface area (Å²) in [6.07, 6.45) is 0.736. The van der Waals surface area contributed by atoms with Gasteiger partial charge >= 0.3 is 5.97 Å². The van der Waals surface area contributed by atoms with E-state index in [1.807, 2.05) is 19.9 Å². The number of para-hydroxylation sites is 1. The summed E-state index contributed by atoms with van der Waals surface area (Å²) in [7, 11) is -4.28. The Labute approximate surface area is 231 Å². The van der Waals surface area contributed by atoms with E-state index in [1.165, 1.54) is 24.3 Å². The summed E-state index contributed by atoms with van der Waals surface area (Å²) < 4.78 is 33.1. The van der Waals surface area contributed by atoms with Gasteiger partial charge in [-0.25, -0.2) is 13.2 Å². The average Bonchev–Trinajstić information content (AvgIpc) is 3.26. The summed E-state index contributed by atoms with van der Waals surface area (Å²) in [6.45, 7) is 3.23. The third kappa shape index (κ3) is 6.40. The number of carbonyl (C=O) groups is 4. The molecule has 2 heterocycles. The fourth-order valence-electron chi connectivity index (χ4n) is 4.66. The van der Waals surface area contributed by atoms with Gasteiger partial charge in [0, 0.05) is 11.9 Å². The lowest BCUT2D eigenvalue weighted by Crippen LogP contribution is -2.52. The van der Waals surface area contributed by atoms with Crippen molar-refractivity contribution < 1.29 is 37.1 Å². The van der Waals surface area contributed by atoms with Gasteiger partial charge in [0.25, 0.3) is 5.91 Å². The summed E-state index contributed by atoms with van der Waals surface area (Å²) >= 11 is 0. The van der Waals surface area contributed by atoms with Crippen molar-refractivity contribution in [1.82, 2.24) is 14.9 Å². The zero-order chi connectivity index (χ0) is 29.0. The first-order valence-electron chi connectivity index (χ1n) is 12.9. The van der Waals surface area contributed by atoms with Crippen LogP contribution in [0.25, 0.3) is 11.0 Å². The van der Waals surface area contributed by atoms with Crippen molar-refractivity contribution in [1.29, 1.82) is 0 Å². The van der Waals surface area contributed by atoms with Crippen LogP contribution in [0.4, 0.5) is 0 Å². The molecule has 1 aliphatic rings. The highest BCUT2D eigenvalue weighted by molar-refractivity contribution is 7.89. The van der Waals surface area contributed by atoms with E-state index in [2.05, 4.69) is 10.6 Å². The van der Waals surface area contributed by atoms with Crippen LogP contribution in [-0.2, 0) is 19.6 Å². The molecular weight excluding hydrogens is 538 g/mol. The highest BCUT2D eigenvalue weighted by Gasteiger charge is 2.36. The number of hydrogen-bond acceptors (Lipinski definition) is 7. The SMILES string of the molecule is CC(C)CC(NC(=O)c1cc2ccccc2o1)C(=O)NC1CCCN(S(=O)(=O)c2ccccc2C(=O)O)CC1=O. The number of Topliss-reactive ketones (excluding diaryl/α,β-unsaturated/α-hetero) is 1. The predicted molar refractivity (Wildman–Crippen MR) is 145 cm³/mol. The summed E-state index contributed by atoms with van der Waals surface area (Å²) in [5, 5.41) is 15.6. The van der Waals surface area contributed by atoms with Gasteiger partial charge in [0.05, 0.1) is 23.0 Å². The number of carbonyl (C=O) groups excluding carboxylic acids is 3. The zero-order valence-electron chi connectivity index (χ0n) is 22.1. The molecule has 3 aromatic rings. The number of sulfonamides is 1. The number of nitrogens with one attached hydrogen (secondary N) is 2. The molecular formula is C28H31N3O8S. The maximum Gasteiger partial charge on any atom is 0.337 e. The molecule has 2 atom stereocenters. The molecule has 3 N–H and O–H groups in total. The molecule has 40 heavy (non-hydrogen) atoms. The van der Waals surface area contributed by atoms with Crippen LogP contribution >= 0.6 is 0 Å². The monoisotopic (exact) mass is 569 g/mol. The van der Waals surface area contributed by atoms with E-state index in [0.717, 1.165) is 9.69 Å². The number of fused-ring (bicyclic) bond motifs is 1. The number of amides is 2. The first-order chi connectivity index (χ1) is 19.0. The van der Waals surface area contributed by atoms with Crippen molar-refractivity contribution in [2.75, 3.05) is 13.1 Å². The number of rotatable bonds is 9. The molecule has 1 aromatic heterocycles. The van der Waals surface area contributed by atoms with Crippen molar-refractivity contribution in [3.8, 4) is 0 Å². The highest BCUT2D eigenvalue weighted by Crippen LogP contribution is 2.23. The van der Waals surface area contributed by atoms with Crippen LogP contribution < -0.4 is 10.6 Å². The molecule has 0 saturated carbocycles. The Morgan fingerprint density at radius 2 is 1.80 bits per heavy atom. The third-order valence-electron chi connectivity index (χ3n) is 6.65. The van der Waals surface area contributed by atoms with Crippen molar-refractivity contribution >= 4 is 44.6 Å². The fourth-order valence-corrected chi connectivity index (χ4v) is 6.29. The molecule has 0 bridgehead atoms. The van der Waals surface area contributed by atoms with E-state index >= 15 is 0 Å². The molecule has 12 heteroatoms. The lowest BCUT2D eigenvalue weighted by atomic mass is 10.0. The number of carboxylic acids is 1. The van der Waals surface area contributed by atoms with Crippen LogP contribution in [0.2, 0.25) is 0 Å². The average molecular weight is 570 g/mol. The fraction of sp³-hybridized carbons (Fsp3) is 0.357. The van der Waals surface area contributed by atoms with Crippen molar-refractivity contribution in [2.24, 2.45) is 5.92 Å². The van der Waals surface area contributed by atoms with Crippen LogP contribution in [0.5, 0.6) is 0 Å². The van der Waals surface area contributed by atoms with E-state index in [0.29, 0.717) is 12.0 Å². The second-order valence-corrected chi connectivity index (χ2v) is 12.0. The Morgan fingerprint density at radius 3 is 2.50 bits per heavy atom. The molecule has 1 fully saturated rings. The Morgan fingerprint density at radius 1 is 1.10 bits per heavy atom. The van der Waals surface area contributed by atoms with E-state index in [-0.39, 0.29) is 36.6 Å². The number of aromatic carboxylic acids is 1. The molecule has 11 nitrogen and oxygen atoms in total. The second kappa shape index (κ2) is 12.0. The minimum absolute atomic E-state index is 0.0212. The molecule has 4 rings (SSSR count). The normalized spacial score (nSPS) is 17.4. The van der Waals surface area contributed by atoms with Crippen LogP contribution in [0.15, 0.2) is 63.9 Å². The smallest absolute Gasteiger partial charge is 0.337 e. The maximum atomic E-state index is 13.3. The molecule has 212 valence electrons. The molecule has 0 spiro atoms. The van der Waals surface area contributed by atoms with Gasteiger partial charge in [-0.3, -0.25) is 14.4 Å². The summed E-state index contributed by atoms with van der Waals surface area (Å²) in [4.78, 5) is 50.5. The molecule has 2 aromatic carbocycles. The van der Waals surface area contributed by atoms with E-state index < -0.39 is 57.1 Å². The number of nitrogens with zero attached hydrogens (tertiary/aromatic N) is 1. The van der Waals surface area contributed by atoms with Crippen LogP contribution in [0, 0.1) is 5.92 Å². The quantitative estimate of drug-likeness (QED) is 0.354. The Hall–Kier alpha value is -4.03. The molecule has 1 saturated heterocycles. The first kappa shape index (κ1) is 29.0. The Bertz CT molecular complexity index is 1510. The van der Waals surface area contributed by atoms with Gasteiger partial charge < -0.3 is 20.2 Å². The van der Waals surface area contributed by atoms with Gasteiger partial charge in [0.1, 0.15) is 11.6 Å². The first-order valence-corrected chi connectivity index (χ1v) is 14.4. The number of furan rings is 1. The van der Waals surface area contributed by atoms with Crippen LogP contribution in [-0.4, -0.2) is 66.6 Å². The highest BCUT2D eigenvalue weighted by atomic mass is 32.2. The lowest BCUT2D eigenvalue weighted by Gasteiger charge is -2.23. The number of carboxylic acid groups (broad SMARTS) is 1. The van der Waals surface area contributed by atoms with E-state index in [9.17, 15) is 32.7 Å². The number of hydrogen-bond donors (Lipinski definition) is 3.